The van der Waals surface area contributed by atoms with E-state index in [0.717, 1.165) is 174 Å². The van der Waals surface area contributed by atoms with Gasteiger partial charge in [0.05, 0.1) is 34.0 Å². The number of aromatic nitrogens is 4. The molecule has 4 aromatic heterocycles. The van der Waals surface area contributed by atoms with E-state index >= 15 is 4.39 Å². The van der Waals surface area contributed by atoms with Crippen LogP contribution in [-0.4, -0.2) is 80.8 Å². The normalized spacial score (nSPS) is 16.6. The first-order chi connectivity index (χ1) is 51.7. The van der Waals surface area contributed by atoms with E-state index in [2.05, 4.69) is 53.7 Å². The van der Waals surface area contributed by atoms with Crippen LogP contribution in [0, 0.1) is 17.6 Å². The molecule has 0 unspecified atom stereocenters. The van der Waals surface area contributed by atoms with Crippen LogP contribution < -0.4 is 41.8 Å². The largest absolute Gasteiger partial charge is 0.386 e. The number of rotatable bonds is 22. The standard InChI is InChI=1S/2C23H31ClN2O2.C21H24ClFN2O.C20H23ClF2N2O/c1-4-5-13-26-16-12-20(21(24)22(26)27)25-14-10-18(11-15-25)17-6-8-19(9-7-17)23(2,3)28;1-4-5-13-26-16-12-20(21(24)22(26)27)25-14-10-17(11-15-25)18-8-6-7-9-19(18)23(2,3)28;22-19-18(9-13-25(20(19)26)12-8-16-6-7-16)24-14-10-21(23,11-15-24)17-4-2-1-3-5-17;1-2-3-9-25-12-8-18(19(21)20(25)26)24-10-6-14(7-11-24)16-5-4-15(22)13-17(16)23/h6-9,12,16,18,28H,4-5,10-11,13-15H2,1-3H3;6-9,12,16-17,28H,4-5,10-11,13-15H2,1-3H3;1-5,9,13,16H,6-8,10-12,14-15H2;4-5,8,12-14H,2-3,6-7,9-11H2,1H3. The van der Waals surface area contributed by atoms with Gasteiger partial charge in [0, 0.05) is 122 Å². The summed E-state index contributed by atoms with van der Waals surface area (Å²) in [4.78, 5) is 58.6. The second-order valence-electron chi connectivity index (χ2n) is 30.9. The molecule has 0 atom stereocenters. The van der Waals surface area contributed by atoms with Gasteiger partial charge in [-0.1, -0.05) is 184 Å². The Balaban J connectivity index is 0.000000154. The van der Waals surface area contributed by atoms with E-state index in [1.165, 1.54) is 36.1 Å². The molecule has 8 aromatic rings. The lowest BCUT2D eigenvalue weighted by Crippen LogP contribution is -2.41. The molecule has 14 nitrogen and oxygen atoms in total. The van der Waals surface area contributed by atoms with Crippen molar-refractivity contribution in [3.63, 3.8) is 0 Å². The molecule has 4 aromatic carbocycles. The number of unbranched alkanes of at least 4 members (excludes halogenated alkanes) is 3. The summed E-state index contributed by atoms with van der Waals surface area (Å²) in [6, 6.07) is 37.4. The fourth-order valence-electron chi connectivity index (χ4n) is 15.4. The molecular formula is C87H109Cl4F3N8O6. The fourth-order valence-corrected chi connectivity index (χ4v) is 16.6. The third kappa shape index (κ3) is 21.2. The number of hydrogen-bond donors (Lipinski definition) is 2. The van der Waals surface area contributed by atoms with Crippen molar-refractivity contribution in [3.8, 4) is 0 Å². The van der Waals surface area contributed by atoms with Crippen molar-refractivity contribution >= 4 is 69.2 Å². The van der Waals surface area contributed by atoms with Crippen LogP contribution in [0.1, 0.15) is 209 Å². The number of halogens is 7. The van der Waals surface area contributed by atoms with Gasteiger partial charge in [-0.2, -0.15) is 0 Å². The van der Waals surface area contributed by atoms with Crippen LogP contribution in [-0.2, 0) is 43.0 Å². The Labute approximate surface area is 655 Å². The maximum absolute atomic E-state index is 15.3. The molecule has 1 aliphatic carbocycles. The predicted molar refractivity (Wildman–Crippen MR) is 438 cm³/mol. The Hall–Kier alpha value is -7.25. The van der Waals surface area contributed by atoms with Gasteiger partial charge in [-0.3, -0.25) is 19.2 Å². The molecule has 1 saturated carbocycles. The van der Waals surface area contributed by atoms with E-state index in [4.69, 9.17) is 46.4 Å². The third-order valence-electron chi connectivity index (χ3n) is 22.3. The Bertz CT molecular complexity index is 4500. The molecule has 2 N–H and O–H groups in total. The molecule has 8 heterocycles. The number of pyridine rings is 4. The third-order valence-corrected chi connectivity index (χ3v) is 23.7. The van der Waals surface area contributed by atoms with Gasteiger partial charge in [-0.25, -0.2) is 13.2 Å². The zero-order valence-corrected chi connectivity index (χ0v) is 66.9. The number of aliphatic hydroxyl groups is 2. The lowest BCUT2D eigenvalue weighted by Gasteiger charge is -2.38. The molecule has 0 spiro atoms. The molecule has 582 valence electrons. The lowest BCUT2D eigenvalue weighted by atomic mass is 9.82. The van der Waals surface area contributed by atoms with Crippen LogP contribution >= 0.6 is 46.4 Å². The van der Waals surface area contributed by atoms with Crippen molar-refractivity contribution in [2.45, 2.75) is 218 Å². The molecule has 5 aliphatic rings. The van der Waals surface area contributed by atoms with E-state index in [0.29, 0.717) is 79.6 Å². The van der Waals surface area contributed by atoms with Gasteiger partial charge >= 0.3 is 0 Å². The van der Waals surface area contributed by atoms with E-state index in [1.807, 2.05) is 122 Å². The Kier molecular flexibility index (Phi) is 29.4. The summed E-state index contributed by atoms with van der Waals surface area (Å²) in [5, 5.41) is 21.8. The van der Waals surface area contributed by atoms with Crippen LogP contribution in [0.2, 0.25) is 20.1 Å². The summed E-state index contributed by atoms with van der Waals surface area (Å²) in [6.45, 7) is 22.4. The van der Waals surface area contributed by atoms with E-state index < -0.39 is 28.5 Å². The average molecular weight is 1560 g/mol. The van der Waals surface area contributed by atoms with Crippen LogP contribution in [0.5, 0.6) is 0 Å². The van der Waals surface area contributed by atoms with Gasteiger partial charge < -0.3 is 48.1 Å². The highest BCUT2D eigenvalue weighted by atomic mass is 35.5. The maximum Gasteiger partial charge on any atom is 0.271 e. The van der Waals surface area contributed by atoms with Crippen molar-refractivity contribution in [2.24, 2.45) is 5.92 Å². The molecule has 0 amide bonds. The molecule has 5 fully saturated rings. The Morgan fingerprint density at radius 3 is 1.20 bits per heavy atom. The quantitative estimate of drug-likeness (QED) is 0.0674. The highest BCUT2D eigenvalue weighted by molar-refractivity contribution is 6.34. The van der Waals surface area contributed by atoms with E-state index in [-0.39, 0.29) is 38.2 Å². The molecule has 4 saturated heterocycles. The molecule has 13 rings (SSSR count). The second-order valence-corrected chi connectivity index (χ2v) is 32.5. The molecule has 0 bridgehead atoms. The van der Waals surface area contributed by atoms with Crippen LogP contribution in [0.4, 0.5) is 35.9 Å². The number of benzene rings is 4. The minimum Gasteiger partial charge on any atom is -0.386 e. The summed E-state index contributed by atoms with van der Waals surface area (Å²) in [7, 11) is 0. The highest BCUT2D eigenvalue weighted by Crippen LogP contribution is 2.42. The monoisotopic (exact) mass is 1560 g/mol. The van der Waals surface area contributed by atoms with Gasteiger partial charge in [0.25, 0.3) is 22.2 Å². The maximum atomic E-state index is 15.3. The molecule has 21 heteroatoms. The van der Waals surface area contributed by atoms with Crippen molar-refractivity contribution < 1.29 is 23.4 Å². The van der Waals surface area contributed by atoms with E-state index in [9.17, 15) is 38.2 Å². The summed E-state index contributed by atoms with van der Waals surface area (Å²) in [6.07, 6.45) is 23.2. The average Bonchev–Trinajstić information content (AvgIpc) is 1.01. The van der Waals surface area contributed by atoms with Crippen LogP contribution in [0.15, 0.2) is 165 Å². The second kappa shape index (κ2) is 38.1. The van der Waals surface area contributed by atoms with Gasteiger partial charge in [0.1, 0.15) is 37.4 Å². The Morgan fingerprint density at radius 2 is 0.815 bits per heavy atom. The van der Waals surface area contributed by atoms with Gasteiger partial charge in [-0.15, -0.1) is 0 Å². The number of piperidine rings is 4. The molecular weight excluding hydrogens is 1450 g/mol. The number of alkyl halides is 1. The lowest BCUT2D eigenvalue weighted by molar-refractivity contribution is 0.0768. The van der Waals surface area contributed by atoms with Crippen LogP contribution in [0.25, 0.3) is 0 Å². The van der Waals surface area contributed by atoms with E-state index in [1.54, 1.807) is 38.3 Å². The summed E-state index contributed by atoms with van der Waals surface area (Å²) in [5.41, 5.74) is 5.51. The zero-order valence-electron chi connectivity index (χ0n) is 63.9. The molecule has 108 heavy (non-hydrogen) atoms. The zero-order chi connectivity index (χ0) is 77.5. The fraction of sp³-hybridized carbons (Fsp3) is 0.494. The summed E-state index contributed by atoms with van der Waals surface area (Å²) >= 11 is 25.6. The topological polar surface area (TPSA) is 141 Å². The van der Waals surface area contributed by atoms with Crippen molar-refractivity contribution in [2.75, 3.05) is 72.0 Å². The molecule has 4 aliphatic heterocycles. The first kappa shape index (κ1) is 83.2. The predicted octanol–water partition coefficient (Wildman–Crippen LogP) is 19.6. The number of hydrogen-bond acceptors (Lipinski definition) is 10. The van der Waals surface area contributed by atoms with Crippen molar-refractivity contribution in [1.82, 2.24) is 18.3 Å². The number of aryl methyl sites for hydroxylation is 4. The number of anilines is 4. The first-order valence-corrected chi connectivity index (χ1v) is 40.6. The van der Waals surface area contributed by atoms with Crippen LogP contribution in [0.3, 0.4) is 0 Å². The highest BCUT2D eigenvalue weighted by Gasteiger charge is 2.38. The SMILES string of the molecule is CCCCn1ccc(N2CCC(c3ccc(C(C)(C)O)cc3)CC2)c(Cl)c1=O.CCCCn1ccc(N2CCC(c3ccc(F)cc3F)CC2)c(Cl)c1=O.CCCCn1ccc(N2CCC(c3ccccc3C(C)(C)O)CC2)c(Cl)c1=O.O=c1c(Cl)c(N2CCC(F)(c3ccccc3)CC2)ccn1CCC1CC1. The van der Waals surface area contributed by atoms with Crippen molar-refractivity contribution in [3.05, 3.63) is 253 Å². The smallest absolute Gasteiger partial charge is 0.271 e. The van der Waals surface area contributed by atoms with Gasteiger partial charge in [0.2, 0.25) is 0 Å². The molecule has 0 radical (unpaired) electrons. The number of nitrogens with zero attached hydrogens (tertiary/aromatic N) is 8. The Morgan fingerprint density at radius 1 is 0.435 bits per heavy atom. The summed E-state index contributed by atoms with van der Waals surface area (Å²) < 4.78 is 49.2. The van der Waals surface area contributed by atoms with Crippen molar-refractivity contribution in [1.29, 1.82) is 0 Å². The minimum atomic E-state index is -1.30. The minimum absolute atomic E-state index is 0.0514. The van der Waals surface area contributed by atoms with Gasteiger partial charge in [-0.05, 0) is 179 Å². The van der Waals surface area contributed by atoms with Gasteiger partial charge in [0.15, 0.2) is 0 Å². The first-order valence-electron chi connectivity index (χ1n) is 39.1. The summed E-state index contributed by atoms with van der Waals surface area (Å²) in [5.74, 6) is 0.686.